The van der Waals surface area contributed by atoms with E-state index in [0.29, 0.717) is 47.9 Å². The van der Waals surface area contributed by atoms with Gasteiger partial charge in [-0.2, -0.15) is 13.2 Å². The predicted molar refractivity (Wildman–Crippen MR) is 102 cm³/mol. The molecule has 1 atom stereocenters. The van der Waals surface area contributed by atoms with Gasteiger partial charge in [0.15, 0.2) is 17.2 Å². The minimum atomic E-state index is -4.83. The summed E-state index contributed by atoms with van der Waals surface area (Å²) in [7, 11) is 0. The quantitative estimate of drug-likeness (QED) is 0.657. The summed E-state index contributed by atoms with van der Waals surface area (Å²) in [6.07, 6.45) is -1.93. The minimum Gasteiger partial charge on any atom is -0.378 e. The molecule has 154 valence electrons. The number of aromatic nitrogens is 4. The van der Waals surface area contributed by atoms with Crippen molar-refractivity contribution < 1.29 is 23.0 Å². The van der Waals surface area contributed by atoms with Crippen LogP contribution in [0.3, 0.4) is 0 Å². The number of aliphatic hydroxyl groups is 1. The van der Waals surface area contributed by atoms with E-state index >= 15 is 0 Å². The number of morpholine rings is 1. The summed E-state index contributed by atoms with van der Waals surface area (Å²) in [5.74, 6) is 0.830. The summed E-state index contributed by atoms with van der Waals surface area (Å²) in [4.78, 5) is 18.5. The molecule has 1 aliphatic heterocycles. The lowest BCUT2D eigenvalue weighted by molar-refractivity contribution is -0.257. The van der Waals surface area contributed by atoms with Crippen LogP contribution >= 0.6 is 11.3 Å². The summed E-state index contributed by atoms with van der Waals surface area (Å²) < 4.78 is 45.9. The highest BCUT2D eigenvalue weighted by Crippen LogP contribution is 2.45. The van der Waals surface area contributed by atoms with Crippen LogP contribution in [-0.2, 0) is 10.3 Å². The van der Waals surface area contributed by atoms with E-state index in [0.717, 1.165) is 18.3 Å². The molecule has 4 heterocycles. The second-order valence-corrected chi connectivity index (χ2v) is 7.75. The van der Waals surface area contributed by atoms with Crippen molar-refractivity contribution in [3.05, 3.63) is 23.3 Å². The van der Waals surface area contributed by atoms with Gasteiger partial charge in [0.25, 0.3) is 0 Å². The fourth-order valence-corrected chi connectivity index (χ4v) is 4.05. The van der Waals surface area contributed by atoms with Crippen LogP contribution in [0.2, 0.25) is 0 Å². The number of fused-ring (bicyclic) bond motifs is 1. The normalized spacial score (nSPS) is 17.5. The van der Waals surface area contributed by atoms with Crippen molar-refractivity contribution >= 4 is 33.3 Å². The second kappa shape index (κ2) is 7.04. The van der Waals surface area contributed by atoms with E-state index in [1.54, 1.807) is 0 Å². The van der Waals surface area contributed by atoms with Gasteiger partial charge in [-0.15, -0.1) is 11.3 Å². The van der Waals surface area contributed by atoms with Crippen molar-refractivity contribution in [1.82, 2.24) is 19.9 Å². The van der Waals surface area contributed by atoms with Crippen LogP contribution in [0, 0.1) is 0 Å². The first-order valence-electron chi connectivity index (χ1n) is 8.68. The van der Waals surface area contributed by atoms with E-state index < -0.39 is 11.8 Å². The molecule has 3 N–H and O–H groups in total. The summed E-state index contributed by atoms with van der Waals surface area (Å²) >= 11 is 0.829. The number of nitrogens with zero attached hydrogens (tertiary/aromatic N) is 5. The maximum atomic E-state index is 13.4. The average molecular weight is 426 g/mol. The van der Waals surface area contributed by atoms with E-state index in [9.17, 15) is 18.3 Å². The third-order valence-corrected chi connectivity index (χ3v) is 5.96. The number of rotatable bonds is 3. The molecule has 0 amide bonds. The molecule has 29 heavy (non-hydrogen) atoms. The van der Waals surface area contributed by atoms with E-state index in [2.05, 4.69) is 19.9 Å². The van der Waals surface area contributed by atoms with Gasteiger partial charge in [0, 0.05) is 30.4 Å². The highest BCUT2D eigenvalue weighted by Gasteiger charge is 2.52. The smallest absolute Gasteiger partial charge is 0.378 e. The maximum absolute atomic E-state index is 13.4. The van der Waals surface area contributed by atoms with Crippen molar-refractivity contribution in [2.75, 3.05) is 36.9 Å². The molecule has 0 bridgehead atoms. The van der Waals surface area contributed by atoms with E-state index in [1.807, 2.05) is 4.90 Å². The number of alkyl halides is 3. The Kier molecular flexibility index (Phi) is 4.79. The van der Waals surface area contributed by atoms with E-state index in [-0.39, 0.29) is 16.6 Å². The predicted octanol–water partition coefficient (Wildman–Crippen LogP) is 2.34. The Morgan fingerprint density at radius 1 is 1.17 bits per heavy atom. The van der Waals surface area contributed by atoms with E-state index in [1.165, 1.54) is 18.5 Å². The third-order valence-electron chi connectivity index (χ3n) is 4.63. The molecule has 1 unspecified atom stereocenters. The van der Waals surface area contributed by atoms with Crippen LogP contribution in [0.25, 0.3) is 21.6 Å². The lowest BCUT2D eigenvalue weighted by atomic mass is 10.0. The number of anilines is 2. The molecule has 3 aromatic rings. The summed E-state index contributed by atoms with van der Waals surface area (Å²) in [6.45, 7) is 2.75. The van der Waals surface area contributed by atoms with Gasteiger partial charge in [0.1, 0.15) is 0 Å². The topological polar surface area (TPSA) is 110 Å². The fraction of sp³-hybridized carbons (Fsp3) is 0.412. The molecule has 3 aromatic heterocycles. The number of ether oxygens (including phenoxy) is 1. The number of halogens is 3. The Morgan fingerprint density at radius 3 is 2.45 bits per heavy atom. The van der Waals surface area contributed by atoms with Gasteiger partial charge in [-0.1, -0.05) is 0 Å². The van der Waals surface area contributed by atoms with Crippen LogP contribution in [0.4, 0.5) is 24.9 Å². The highest BCUT2D eigenvalue weighted by atomic mass is 32.1. The van der Waals surface area contributed by atoms with Crippen molar-refractivity contribution in [3.8, 4) is 11.4 Å². The van der Waals surface area contributed by atoms with Gasteiger partial charge in [-0.05, 0) is 13.0 Å². The van der Waals surface area contributed by atoms with Gasteiger partial charge in [0.2, 0.25) is 5.95 Å². The van der Waals surface area contributed by atoms with Gasteiger partial charge >= 0.3 is 6.18 Å². The average Bonchev–Trinajstić information content (AvgIpc) is 3.12. The zero-order chi connectivity index (χ0) is 20.8. The number of nitrogen functional groups attached to an aromatic ring is 1. The van der Waals surface area contributed by atoms with Gasteiger partial charge in [-0.25, -0.2) is 19.9 Å². The van der Waals surface area contributed by atoms with Crippen LogP contribution in [0.1, 0.15) is 11.8 Å². The van der Waals surface area contributed by atoms with Crippen LogP contribution in [0.5, 0.6) is 0 Å². The summed E-state index contributed by atoms with van der Waals surface area (Å²) in [6, 6.07) is 1.25. The van der Waals surface area contributed by atoms with Crippen molar-refractivity contribution in [2.24, 2.45) is 0 Å². The Labute approximate surface area is 167 Å². The number of nitrogens with two attached hydrogens (primary N) is 1. The Bertz CT molecular complexity index is 1030. The molecule has 1 aliphatic rings. The first-order valence-corrected chi connectivity index (χ1v) is 9.50. The van der Waals surface area contributed by atoms with Gasteiger partial charge < -0.3 is 20.5 Å². The Balaban J connectivity index is 1.90. The number of hydrogen-bond acceptors (Lipinski definition) is 9. The largest absolute Gasteiger partial charge is 0.421 e. The minimum absolute atomic E-state index is 0.0854. The molecule has 1 saturated heterocycles. The lowest BCUT2D eigenvalue weighted by Crippen LogP contribution is -2.38. The zero-order valence-electron chi connectivity index (χ0n) is 15.3. The second-order valence-electron chi connectivity index (χ2n) is 6.70. The molecule has 0 saturated carbocycles. The summed E-state index contributed by atoms with van der Waals surface area (Å²) in [5, 5.41) is 10.1. The molecular formula is C17H17F3N6O2S. The van der Waals surface area contributed by atoms with Gasteiger partial charge in [0.05, 0.1) is 29.0 Å². The van der Waals surface area contributed by atoms with Gasteiger partial charge in [-0.3, -0.25) is 0 Å². The molecule has 1 fully saturated rings. The van der Waals surface area contributed by atoms with Crippen LogP contribution in [0.15, 0.2) is 18.5 Å². The molecule has 0 spiro atoms. The first kappa shape index (κ1) is 19.7. The fourth-order valence-electron chi connectivity index (χ4n) is 2.87. The molecule has 4 rings (SSSR count). The number of thiophene rings is 1. The SMILES string of the molecule is CC(O)(c1cc2nc(-c3cnc(N)nc3)nc(N3CCOCC3)c2s1)C(F)(F)F. The van der Waals surface area contributed by atoms with Crippen LogP contribution < -0.4 is 10.6 Å². The zero-order valence-corrected chi connectivity index (χ0v) is 16.1. The van der Waals surface area contributed by atoms with Crippen molar-refractivity contribution in [1.29, 1.82) is 0 Å². The molecule has 0 radical (unpaired) electrons. The summed E-state index contributed by atoms with van der Waals surface area (Å²) in [5.41, 5.74) is 3.30. The lowest BCUT2D eigenvalue weighted by Gasteiger charge is -2.28. The molecule has 0 aliphatic carbocycles. The third kappa shape index (κ3) is 3.58. The first-order chi connectivity index (χ1) is 13.7. The molecular weight excluding hydrogens is 409 g/mol. The van der Waals surface area contributed by atoms with E-state index in [4.69, 9.17) is 10.5 Å². The van der Waals surface area contributed by atoms with Crippen molar-refractivity contribution in [2.45, 2.75) is 18.7 Å². The maximum Gasteiger partial charge on any atom is 0.421 e. The molecule has 8 nitrogen and oxygen atoms in total. The van der Waals surface area contributed by atoms with Crippen LogP contribution in [-0.4, -0.2) is 57.5 Å². The Morgan fingerprint density at radius 2 is 1.83 bits per heavy atom. The number of hydrogen-bond donors (Lipinski definition) is 2. The Hall–Kier alpha value is -2.57. The highest BCUT2D eigenvalue weighted by molar-refractivity contribution is 7.19. The standard InChI is InChI=1S/C17H17F3N6O2S/c1-16(27,17(18,19)20)11-6-10-12(29-11)14(26-2-4-28-5-3-26)25-13(24-10)9-7-22-15(21)23-8-9/h6-8,27H,2-5H2,1H3,(H2,21,22,23). The molecule has 0 aromatic carbocycles. The van der Waals surface area contributed by atoms with Crippen molar-refractivity contribution in [3.63, 3.8) is 0 Å². The monoisotopic (exact) mass is 426 g/mol. The molecule has 12 heteroatoms.